The van der Waals surface area contributed by atoms with E-state index in [-0.39, 0.29) is 23.7 Å². The van der Waals surface area contributed by atoms with E-state index < -0.39 is 11.9 Å². The molecule has 0 aromatic heterocycles. The van der Waals surface area contributed by atoms with Crippen LogP contribution in [0.25, 0.3) is 0 Å². The number of amides is 1. The van der Waals surface area contributed by atoms with E-state index in [1.165, 1.54) is 5.56 Å². The summed E-state index contributed by atoms with van der Waals surface area (Å²) in [6.45, 7) is 9.09. The first kappa shape index (κ1) is 28.1. The molecule has 0 atom stereocenters. The number of carbonyl (C=O) groups excluding carboxylic acids is 2. The van der Waals surface area contributed by atoms with Crippen molar-refractivity contribution in [2.24, 2.45) is 11.8 Å². The van der Waals surface area contributed by atoms with Crippen LogP contribution in [0.5, 0.6) is 5.75 Å². The van der Waals surface area contributed by atoms with Gasteiger partial charge in [0, 0.05) is 25.6 Å². The summed E-state index contributed by atoms with van der Waals surface area (Å²) in [6.07, 6.45) is 3.27. The molecule has 2 fully saturated rings. The van der Waals surface area contributed by atoms with E-state index in [9.17, 15) is 9.59 Å². The lowest BCUT2D eigenvalue weighted by atomic mass is 9.92. The number of hydrogen-bond donors (Lipinski definition) is 2. The fourth-order valence-corrected chi connectivity index (χ4v) is 4.31. The van der Waals surface area contributed by atoms with Gasteiger partial charge in [0.25, 0.3) is 0 Å². The average molecular weight is 493 g/mol. The number of likely N-dealkylation sites (tertiary alicyclic amines) is 2. The zero-order valence-electron chi connectivity index (χ0n) is 20.5. The number of rotatable bonds is 7. The molecule has 0 radical (unpaired) electrons. The van der Waals surface area contributed by atoms with E-state index in [0.717, 1.165) is 51.1 Å². The van der Waals surface area contributed by atoms with Crippen LogP contribution in [0.2, 0.25) is 0 Å². The Morgan fingerprint density at radius 3 is 1.86 bits per heavy atom. The van der Waals surface area contributed by atoms with E-state index in [4.69, 9.17) is 29.3 Å². The summed E-state index contributed by atoms with van der Waals surface area (Å²) in [7, 11) is 0. The van der Waals surface area contributed by atoms with Crippen LogP contribution < -0.4 is 4.74 Å². The lowest BCUT2D eigenvalue weighted by molar-refractivity contribution is -0.159. The predicted octanol–water partition coefficient (Wildman–Crippen LogP) is 2.25. The van der Waals surface area contributed by atoms with Crippen molar-refractivity contribution in [3.63, 3.8) is 0 Å². The van der Waals surface area contributed by atoms with Crippen molar-refractivity contribution in [2.45, 2.75) is 46.1 Å². The van der Waals surface area contributed by atoms with Gasteiger partial charge in [-0.2, -0.15) is 0 Å². The first-order chi connectivity index (χ1) is 16.7. The van der Waals surface area contributed by atoms with Gasteiger partial charge >= 0.3 is 17.9 Å². The molecule has 2 aliphatic rings. The highest BCUT2D eigenvalue weighted by Gasteiger charge is 2.33. The highest BCUT2D eigenvalue weighted by atomic mass is 16.5. The Kier molecular flexibility index (Phi) is 11.5. The van der Waals surface area contributed by atoms with Crippen molar-refractivity contribution in [2.75, 3.05) is 39.4 Å². The lowest BCUT2D eigenvalue weighted by Crippen LogP contribution is -2.46. The van der Waals surface area contributed by atoms with Gasteiger partial charge in [-0.05, 0) is 70.3 Å². The molecule has 194 valence electrons. The summed E-state index contributed by atoms with van der Waals surface area (Å²) in [5, 5.41) is 14.8. The standard InChI is InChI=1S/C23H34N2O4.C2H2O4/c1-3-28-21-7-5-18(6-8-21)17-24-13-9-19(10-14-24)22(26)25-15-11-20(12-16-25)23(27)29-4-2;3-1(4)2(5)6/h5-8,19-20H,3-4,9-17H2,1-2H3;(H,3,4)(H,5,6). The Bertz CT molecular complexity index is 830. The highest BCUT2D eigenvalue weighted by molar-refractivity contribution is 6.27. The van der Waals surface area contributed by atoms with Crippen LogP contribution in [-0.4, -0.2) is 83.2 Å². The van der Waals surface area contributed by atoms with Crippen LogP contribution in [0.1, 0.15) is 45.1 Å². The number of hydrogen-bond acceptors (Lipinski definition) is 7. The average Bonchev–Trinajstić information content (AvgIpc) is 2.86. The summed E-state index contributed by atoms with van der Waals surface area (Å²) < 4.78 is 10.6. The first-order valence-corrected chi connectivity index (χ1v) is 12.1. The summed E-state index contributed by atoms with van der Waals surface area (Å²) in [5.41, 5.74) is 1.28. The number of carboxylic acids is 2. The van der Waals surface area contributed by atoms with Crippen LogP contribution in [0.15, 0.2) is 24.3 Å². The fraction of sp³-hybridized carbons (Fsp3) is 0.600. The Morgan fingerprint density at radius 2 is 1.37 bits per heavy atom. The maximum absolute atomic E-state index is 12.9. The molecule has 0 unspecified atom stereocenters. The monoisotopic (exact) mass is 492 g/mol. The highest BCUT2D eigenvalue weighted by Crippen LogP contribution is 2.25. The molecule has 10 nitrogen and oxygen atoms in total. The topological polar surface area (TPSA) is 134 Å². The molecule has 10 heteroatoms. The van der Waals surface area contributed by atoms with Gasteiger partial charge in [0.15, 0.2) is 0 Å². The molecule has 1 amide bonds. The molecule has 0 aliphatic carbocycles. The van der Waals surface area contributed by atoms with Crippen LogP contribution in [0.4, 0.5) is 0 Å². The summed E-state index contributed by atoms with van der Waals surface area (Å²) >= 11 is 0. The molecule has 2 N–H and O–H groups in total. The number of piperidine rings is 2. The van der Waals surface area contributed by atoms with Crippen molar-refractivity contribution in [3.8, 4) is 5.75 Å². The SMILES string of the molecule is CCOC(=O)C1CCN(C(=O)C2CCN(Cc3ccc(OCC)cc3)CC2)CC1.O=C(O)C(=O)O. The van der Waals surface area contributed by atoms with E-state index in [2.05, 4.69) is 17.0 Å². The van der Waals surface area contributed by atoms with Gasteiger partial charge in [0.1, 0.15) is 5.75 Å². The summed E-state index contributed by atoms with van der Waals surface area (Å²) in [5.74, 6) is -2.51. The molecule has 0 saturated carbocycles. The second-order valence-corrected chi connectivity index (χ2v) is 8.59. The maximum atomic E-state index is 12.9. The quantitative estimate of drug-likeness (QED) is 0.434. The third-order valence-electron chi connectivity index (χ3n) is 6.19. The third-order valence-corrected chi connectivity index (χ3v) is 6.19. The van der Waals surface area contributed by atoms with Gasteiger partial charge in [-0.15, -0.1) is 0 Å². The first-order valence-electron chi connectivity index (χ1n) is 12.1. The summed E-state index contributed by atoms with van der Waals surface area (Å²) in [6, 6.07) is 8.29. The number of aliphatic carboxylic acids is 2. The second kappa shape index (κ2) is 14.3. The largest absolute Gasteiger partial charge is 0.494 e. The van der Waals surface area contributed by atoms with Crippen LogP contribution in [-0.2, 0) is 30.5 Å². The molecule has 35 heavy (non-hydrogen) atoms. The van der Waals surface area contributed by atoms with Gasteiger partial charge in [0.05, 0.1) is 19.1 Å². The van der Waals surface area contributed by atoms with Gasteiger partial charge in [-0.3, -0.25) is 14.5 Å². The fourth-order valence-electron chi connectivity index (χ4n) is 4.31. The second-order valence-electron chi connectivity index (χ2n) is 8.59. The molecule has 2 saturated heterocycles. The van der Waals surface area contributed by atoms with Gasteiger partial charge in [-0.1, -0.05) is 12.1 Å². The molecule has 1 aromatic carbocycles. The van der Waals surface area contributed by atoms with Crippen molar-refractivity contribution in [3.05, 3.63) is 29.8 Å². The minimum absolute atomic E-state index is 0.0463. The number of benzene rings is 1. The Balaban J connectivity index is 0.000000641. The van der Waals surface area contributed by atoms with Crippen molar-refractivity contribution < 1.29 is 38.9 Å². The van der Waals surface area contributed by atoms with Crippen LogP contribution in [0.3, 0.4) is 0 Å². The molecule has 2 aliphatic heterocycles. The Labute approximate surface area is 205 Å². The number of ether oxygens (including phenoxy) is 2. The third kappa shape index (κ3) is 9.20. The minimum Gasteiger partial charge on any atom is -0.494 e. The molecule has 2 heterocycles. The zero-order valence-corrected chi connectivity index (χ0v) is 20.5. The normalized spacial score (nSPS) is 17.1. The maximum Gasteiger partial charge on any atom is 0.414 e. The van der Waals surface area contributed by atoms with Crippen molar-refractivity contribution in [1.82, 2.24) is 9.80 Å². The summed E-state index contributed by atoms with van der Waals surface area (Å²) in [4.78, 5) is 47.4. The zero-order chi connectivity index (χ0) is 25.8. The number of carbonyl (C=O) groups is 4. The number of nitrogens with zero attached hydrogens (tertiary/aromatic N) is 2. The van der Waals surface area contributed by atoms with Crippen LogP contribution in [0, 0.1) is 11.8 Å². The van der Waals surface area contributed by atoms with Crippen molar-refractivity contribution in [1.29, 1.82) is 0 Å². The molecule has 1 aromatic rings. The van der Waals surface area contributed by atoms with Crippen LogP contribution >= 0.6 is 0 Å². The Morgan fingerprint density at radius 1 is 0.829 bits per heavy atom. The van der Waals surface area contributed by atoms with Gasteiger partial charge in [-0.25, -0.2) is 9.59 Å². The predicted molar refractivity (Wildman–Crippen MR) is 127 cm³/mol. The van der Waals surface area contributed by atoms with Gasteiger partial charge < -0.3 is 24.6 Å². The molecule has 0 bridgehead atoms. The van der Waals surface area contributed by atoms with E-state index in [1.807, 2.05) is 30.9 Å². The smallest absolute Gasteiger partial charge is 0.414 e. The molecular formula is C25H36N2O8. The minimum atomic E-state index is -1.82. The lowest BCUT2D eigenvalue weighted by Gasteiger charge is -2.36. The molecule has 3 rings (SSSR count). The van der Waals surface area contributed by atoms with E-state index in [0.29, 0.717) is 26.3 Å². The molecule has 0 spiro atoms. The van der Waals surface area contributed by atoms with E-state index in [1.54, 1.807) is 0 Å². The number of esters is 1. The number of carboxylic acid groups (broad SMARTS) is 2. The Hall–Kier alpha value is -3.14. The van der Waals surface area contributed by atoms with Gasteiger partial charge in [0.2, 0.25) is 5.91 Å². The van der Waals surface area contributed by atoms with E-state index >= 15 is 0 Å². The molecular weight excluding hydrogens is 456 g/mol. The van der Waals surface area contributed by atoms with Crippen molar-refractivity contribution >= 4 is 23.8 Å².